The SMILES string of the molecule is Cc1ccc(Nc2oc(-c3ccccc3F)nc2C#N)cc1. The van der Waals surface area contributed by atoms with Crippen LogP contribution < -0.4 is 5.32 Å². The minimum absolute atomic E-state index is 0.0734. The van der Waals surface area contributed by atoms with Gasteiger partial charge in [0.05, 0.1) is 5.56 Å². The number of oxazole rings is 1. The number of halogens is 1. The van der Waals surface area contributed by atoms with Gasteiger partial charge in [0.15, 0.2) is 0 Å². The van der Waals surface area contributed by atoms with Crippen molar-refractivity contribution in [1.82, 2.24) is 4.98 Å². The third-order valence-electron chi connectivity index (χ3n) is 3.15. The number of nitrogens with one attached hydrogen (secondary N) is 1. The zero-order chi connectivity index (χ0) is 15.5. The third-order valence-corrected chi connectivity index (χ3v) is 3.15. The van der Waals surface area contributed by atoms with Crippen LogP contribution >= 0.6 is 0 Å². The fourth-order valence-electron chi connectivity index (χ4n) is 2.00. The Morgan fingerprint density at radius 2 is 1.86 bits per heavy atom. The molecule has 1 aromatic heterocycles. The monoisotopic (exact) mass is 293 g/mol. The molecule has 0 unspecified atom stereocenters. The number of rotatable bonds is 3. The highest BCUT2D eigenvalue weighted by Gasteiger charge is 2.17. The zero-order valence-electron chi connectivity index (χ0n) is 11.8. The molecule has 22 heavy (non-hydrogen) atoms. The number of nitriles is 1. The van der Waals surface area contributed by atoms with Crippen molar-refractivity contribution in [2.45, 2.75) is 6.92 Å². The molecule has 3 aromatic rings. The largest absolute Gasteiger partial charge is 0.419 e. The zero-order valence-corrected chi connectivity index (χ0v) is 11.8. The molecule has 0 saturated heterocycles. The van der Waals surface area contributed by atoms with E-state index in [0.717, 1.165) is 11.3 Å². The van der Waals surface area contributed by atoms with Crippen molar-refractivity contribution < 1.29 is 8.81 Å². The molecule has 108 valence electrons. The summed E-state index contributed by atoms with van der Waals surface area (Å²) in [7, 11) is 0. The molecule has 0 aliphatic heterocycles. The Morgan fingerprint density at radius 1 is 1.14 bits per heavy atom. The van der Waals surface area contributed by atoms with E-state index in [4.69, 9.17) is 9.68 Å². The molecule has 0 saturated carbocycles. The van der Waals surface area contributed by atoms with Crippen LogP contribution in [0, 0.1) is 24.1 Å². The van der Waals surface area contributed by atoms with E-state index in [0.29, 0.717) is 0 Å². The highest BCUT2D eigenvalue weighted by Crippen LogP contribution is 2.29. The van der Waals surface area contributed by atoms with Gasteiger partial charge in [-0.05, 0) is 31.2 Å². The van der Waals surface area contributed by atoms with E-state index in [9.17, 15) is 4.39 Å². The molecule has 0 atom stereocenters. The molecular weight excluding hydrogens is 281 g/mol. The lowest BCUT2D eigenvalue weighted by Crippen LogP contribution is -1.90. The van der Waals surface area contributed by atoms with Gasteiger partial charge < -0.3 is 9.73 Å². The quantitative estimate of drug-likeness (QED) is 0.777. The maximum atomic E-state index is 13.8. The first-order chi connectivity index (χ1) is 10.7. The predicted octanol–water partition coefficient (Wildman–Crippen LogP) is 4.40. The Hall–Kier alpha value is -3.13. The van der Waals surface area contributed by atoms with Crippen molar-refractivity contribution in [2.24, 2.45) is 0 Å². The minimum atomic E-state index is -0.449. The molecule has 1 heterocycles. The minimum Gasteiger partial charge on any atom is -0.419 e. The summed E-state index contributed by atoms with van der Waals surface area (Å²) in [6, 6.07) is 15.7. The van der Waals surface area contributed by atoms with Gasteiger partial charge >= 0.3 is 0 Å². The van der Waals surface area contributed by atoms with Crippen LogP contribution in [0.15, 0.2) is 52.9 Å². The van der Waals surface area contributed by atoms with Crippen LogP contribution in [0.25, 0.3) is 11.5 Å². The lowest BCUT2D eigenvalue weighted by Gasteiger charge is -2.03. The van der Waals surface area contributed by atoms with Crippen LogP contribution in [-0.2, 0) is 0 Å². The number of aromatic nitrogens is 1. The Labute approximate surface area is 126 Å². The summed E-state index contributed by atoms with van der Waals surface area (Å²) in [5.41, 5.74) is 2.18. The third kappa shape index (κ3) is 2.67. The average Bonchev–Trinajstić information content (AvgIpc) is 2.93. The van der Waals surface area contributed by atoms with E-state index < -0.39 is 5.82 Å². The maximum Gasteiger partial charge on any atom is 0.236 e. The topological polar surface area (TPSA) is 61.9 Å². The van der Waals surface area contributed by atoms with Gasteiger partial charge in [0.2, 0.25) is 17.5 Å². The molecule has 0 spiro atoms. The number of anilines is 2. The van der Waals surface area contributed by atoms with Crippen LogP contribution in [-0.4, -0.2) is 4.98 Å². The van der Waals surface area contributed by atoms with E-state index in [-0.39, 0.29) is 23.0 Å². The molecule has 2 aromatic carbocycles. The van der Waals surface area contributed by atoms with Gasteiger partial charge in [-0.3, -0.25) is 0 Å². The molecule has 0 amide bonds. The number of nitrogens with zero attached hydrogens (tertiary/aromatic N) is 2. The first kappa shape index (κ1) is 13.8. The first-order valence-electron chi connectivity index (χ1n) is 6.67. The molecule has 0 fully saturated rings. The van der Waals surface area contributed by atoms with Crippen molar-refractivity contribution in [1.29, 1.82) is 5.26 Å². The summed E-state index contributed by atoms with van der Waals surface area (Å²) in [5.74, 6) is -0.177. The highest BCUT2D eigenvalue weighted by atomic mass is 19.1. The molecule has 0 aliphatic rings. The van der Waals surface area contributed by atoms with Crippen LogP contribution in [0.2, 0.25) is 0 Å². The smallest absolute Gasteiger partial charge is 0.236 e. The second-order valence-corrected chi connectivity index (χ2v) is 4.78. The molecule has 0 aliphatic carbocycles. The van der Waals surface area contributed by atoms with E-state index >= 15 is 0 Å². The van der Waals surface area contributed by atoms with Gasteiger partial charge in [0.25, 0.3) is 0 Å². The average molecular weight is 293 g/mol. The van der Waals surface area contributed by atoms with Gasteiger partial charge in [0.1, 0.15) is 11.9 Å². The van der Waals surface area contributed by atoms with Gasteiger partial charge in [0, 0.05) is 5.69 Å². The number of aryl methyl sites for hydroxylation is 1. The normalized spacial score (nSPS) is 10.2. The fraction of sp³-hybridized carbons (Fsp3) is 0.0588. The molecule has 4 nitrogen and oxygen atoms in total. The van der Waals surface area contributed by atoms with E-state index in [1.54, 1.807) is 18.2 Å². The Kier molecular flexibility index (Phi) is 3.58. The molecule has 3 rings (SSSR count). The van der Waals surface area contributed by atoms with Crippen molar-refractivity contribution in [3.63, 3.8) is 0 Å². The standard InChI is InChI=1S/C17H12FN3O/c1-11-6-8-12(9-7-11)20-17-15(10-19)21-16(22-17)13-4-2-3-5-14(13)18/h2-9,20H,1H3. The first-order valence-corrected chi connectivity index (χ1v) is 6.67. The fourth-order valence-corrected chi connectivity index (χ4v) is 2.00. The van der Waals surface area contributed by atoms with Crippen molar-refractivity contribution in [2.75, 3.05) is 5.32 Å². The highest BCUT2D eigenvalue weighted by molar-refractivity contribution is 5.64. The summed E-state index contributed by atoms with van der Waals surface area (Å²) in [6.45, 7) is 1.98. The Bertz CT molecular complexity index is 847. The lowest BCUT2D eigenvalue weighted by molar-refractivity contribution is 0.575. The van der Waals surface area contributed by atoms with E-state index in [1.807, 2.05) is 37.3 Å². The number of benzene rings is 2. The molecule has 0 radical (unpaired) electrons. The van der Waals surface area contributed by atoms with Crippen LogP contribution in [0.3, 0.4) is 0 Å². The van der Waals surface area contributed by atoms with E-state index in [1.165, 1.54) is 6.07 Å². The van der Waals surface area contributed by atoms with Crippen LogP contribution in [0.4, 0.5) is 16.0 Å². The Morgan fingerprint density at radius 3 is 2.55 bits per heavy atom. The molecular formula is C17H12FN3O. The maximum absolute atomic E-state index is 13.8. The van der Waals surface area contributed by atoms with Gasteiger partial charge in [-0.2, -0.15) is 10.2 Å². The number of hydrogen-bond donors (Lipinski definition) is 1. The summed E-state index contributed by atoms with van der Waals surface area (Å²) in [4.78, 5) is 4.04. The van der Waals surface area contributed by atoms with Gasteiger partial charge in [-0.15, -0.1) is 0 Å². The Balaban J connectivity index is 1.97. The van der Waals surface area contributed by atoms with Crippen LogP contribution in [0.1, 0.15) is 11.3 Å². The van der Waals surface area contributed by atoms with Crippen molar-refractivity contribution >= 4 is 11.6 Å². The molecule has 1 N–H and O–H groups in total. The summed E-state index contributed by atoms with van der Waals surface area (Å²) >= 11 is 0. The summed E-state index contributed by atoms with van der Waals surface area (Å²) in [6.07, 6.45) is 0. The predicted molar refractivity (Wildman–Crippen MR) is 81.1 cm³/mol. The van der Waals surface area contributed by atoms with Crippen LogP contribution in [0.5, 0.6) is 0 Å². The second-order valence-electron chi connectivity index (χ2n) is 4.78. The van der Waals surface area contributed by atoms with Crippen molar-refractivity contribution in [3.05, 3.63) is 65.6 Å². The molecule has 5 heteroatoms. The van der Waals surface area contributed by atoms with Crippen molar-refractivity contribution in [3.8, 4) is 17.5 Å². The summed E-state index contributed by atoms with van der Waals surface area (Å²) < 4.78 is 19.3. The lowest BCUT2D eigenvalue weighted by atomic mass is 10.2. The molecule has 0 bridgehead atoms. The van der Waals surface area contributed by atoms with Gasteiger partial charge in [-0.25, -0.2) is 4.39 Å². The van der Waals surface area contributed by atoms with Gasteiger partial charge in [-0.1, -0.05) is 29.8 Å². The number of hydrogen-bond acceptors (Lipinski definition) is 4. The summed E-state index contributed by atoms with van der Waals surface area (Å²) in [5, 5.41) is 12.2. The van der Waals surface area contributed by atoms with E-state index in [2.05, 4.69) is 10.3 Å². The second kappa shape index (κ2) is 5.70.